The summed E-state index contributed by atoms with van der Waals surface area (Å²) in [6.45, 7) is 12.0. The van der Waals surface area contributed by atoms with Crippen molar-refractivity contribution in [2.75, 3.05) is 6.54 Å². The maximum atomic E-state index is 12.0. The molecule has 0 aromatic heterocycles. The van der Waals surface area contributed by atoms with E-state index in [-0.39, 0.29) is 15.2 Å². The van der Waals surface area contributed by atoms with Gasteiger partial charge >= 0.3 is 5.97 Å². The highest BCUT2D eigenvalue weighted by atomic mass is 127. The van der Waals surface area contributed by atoms with Gasteiger partial charge in [0, 0.05) is 35.6 Å². The quantitative estimate of drug-likeness (QED) is 0.105. The molecule has 170 valence electrons. The Balaban J connectivity index is 3.98. The lowest BCUT2D eigenvalue weighted by molar-refractivity contribution is -0.139. The zero-order chi connectivity index (χ0) is 22.5. The molecule has 0 aliphatic rings. The van der Waals surface area contributed by atoms with Gasteiger partial charge in [-0.2, -0.15) is 0 Å². The minimum atomic E-state index is -1.03. The lowest BCUT2D eigenvalue weighted by atomic mass is 9.73. The van der Waals surface area contributed by atoms with Crippen LogP contribution in [0.4, 0.5) is 4.79 Å². The summed E-state index contributed by atoms with van der Waals surface area (Å²) in [6, 6.07) is -0.861. The van der Waals surface area contributed by atoms with Crippen LogP contribution in [0.3, 0.4) is 0 Å². The van der Waals surface area contributed by atoms with Gasteiger partial charge in [-0.15, -0.1) is 0 Å². The molecule has 0 saturated heterocycles. The van der Waals surface area contributed by atoms with E-state index in [1.807, 2.05) is 0 Å². The van der Waals surface area contributed by atoms with Crippen LogP contribution >= 0.6 is 22.6 Å². The van der Waals surface area contributed by atoms with Crippen LogP contribution in [0.1, 0.15) is 98.8 Å². The van der Waals surface area contributed by atoms with Gasteiger partial charge < -0.3 is 15.7 Å². The molecule has 0 bridgehead atoms. The maximum Gasteiger partial charge on any atom is 0.326 e. The monoisotopic (exact) mass is 524 g/mol. The number of hydrogen-bond acceptors (Lipinski definition) is 3. The van der Waals surface area contributed by atoms with E-state index in [4.69, 9.17) is 5.11 Å². The molecule has 7 heteroatoms. The molecule has 0 fully saturated rings. The van der Waals surface area contributed by atoms with Gasteiger partial charge in [-0.1, -0.05) is 47.5 Å². The number of unbranched alkanes of at least 4 members (excludes halogenated alkanes) is 1. The maximum absolute atomic E-state index is 12.0. The van der Waals surface area contributed by atoms with Gasteiger partial charge in [0.05, 0.1) is 0 Å². The van der Waals surface area contributed by atoms with Gasteiger partial charge in [-0.05, 0) is 55.8 Å². The summed E-state index contributed by atoms with van der Waals surface area (Å²) in [5, 5.41) is 14.4. The minimum absolute atomic E-state index is 0.0584. The van der Waals surface area contributed by atoms with Crippen molar-refractivity contribution in [1.82, 2.24) is 10.6 Å². The smallest absolute Gasteiger partial charge is 0.326 e. The van der Waals surface area contributed by atoms with Gasteiger partial charge in [-0.25, -0.2) is 4.79 Å². The van der Waals surface area contributed by atoms with E-state index < -0.39 is 12.0 Å². The van der Waals surface area contributed by atoms with Gasteiger partial charge in [0.25, 0.3) is 3.91 Å². The predicted molar refractivity (Wildman–Crippen MR) is 126 cm³/mol. The van der Waals surface area contributed by atoms with Crippen LogP contribution < -0.4 is 10.6 Å². The van der Waals surface area contributed by atoms with Crippen LogP contribution in [0.5, 0.6) is 0 Å². The summed E-state index contributed by atoms with van der Waals surface area (Å²) < 4.78 is -0.375. The molecule has 1 atom stereocenters. The molecular formula is C22H41IN2O4. The molecule has 0 heterocycles. The van der Waals surface area contributed by atoms with Crippen molar-refractivity contribution >= 4 is 38.4 Å². The van der Waals surface area contributed by atoms with Gasteiger partial charge in [-0.3, -0.25) is 9.59 Å². The van der Waals surface area contributed by atoms with E-state index >= 15 is 0 Å². The van der Waals surface area contributed by atoms with Crippen LogP contribution in [0.25, 0.3) is 0 Å². The molecule has 0 aromatic carbocycles. The summed E-state index contributed by atoms with van der Waals surface area (Å²) in [5.74, 6) is -0.969. The Morgan fingerprint density at radius 3 is 2.10 bits per heavy atom. The van der Waals surface area contributed by atoms with Crippen molar-refractivity contribution in [3.05, 3.63) is 0 Å². The van der Waals surface area contributed by atoms with Gasteiger partial charge in [0.2, 0.25) is 5.91 Å². The largest absolute Gasteiger partial charge is 0.480 e. The first-order chi connectivity index (χ1) is 13.4. The summed E-state index contributed by atoms with van der Waals surface area (Å²) in [7, 11) is 0. The van der Waals surface area contributed by atoms with E-state index in [9.17, 15) is 14.4 Å². The summed E-state index contributed by atoms with van der Waals surface area (Å²) in [5.41, 5.74) is 0.675. The van der Waals surface area contributed by atoms with Crippen molar-refractivity contribution in [2.24, 2.45) is 10.8 Å². The van der Waals surface area contributed by atoms with Crippen LogP contribution in [0.2, 0.25) is 0 Å². The van der Waals surface area contributed by atoms with Crippen LogP contribution in [0.15, 0.2) is 0 Å². The number of carboxylic acid groups (broad SMARTS) is 1. The molecule has 0 saturated carbocycles. The van der Waals surface area contributed by atoms with E-state index in [1.165, 1.54) is 48.3 Å². The molecule has 0 rings (SSSR count). The van der Waals surface area contributed by atoms with Crippen molar-refractivity contribution in [3.63, 3.8) is 0 Å². The lowest BCUT2D eigenvalue weighted by Gasteiger charge is -2.32. The predicted octanol–water partition coefficient (Wildman–Crippen LogP) is 5.67. The Hall–Kier alpha value is -0.860. The average Bonchev–Trinajstić information content (AvgIpc) is 2.64. The third-order valence-corrected chi connectivity index (χ3v) is 6.51. The molecule has 0 aliphatic carbocycles. The number of aliphatic carboxylic acids is 1. The number of carbonyl (C=O) groups excluding carboxylic acids is 2. The van der Waals surface area contributed by atoms with E-state index in [0.29, 0.717) is 37.6 Å². The fourth-order valence-electron chi connectivity index (χ4n) is 3.28. The molecule has 2 amide bonds. The van der Waals surface area contributed by atoms with Crippen molar-refractivity contribution < 1.29 is 19.5 Å². The number of halogens is 1. The number of rotatable bonds is 16. The zero-order valence-corrected chi connectivity index (χ0v) is 21.1. The SMILES string of the molecule is CCC(C)(CC)CCC(C)(C)CCCC(=O)NCCCCC(NC(=O)I)C(=O)O. The Labute approximate surface area is 190 Å². The second kappa shape index (κ2) is 14.2. The van der Waals surface area contributed by atoms with Crippen LogP contribution in [0, 0.1) is 10.8 Å². The second-order valence-electron chi connectivity index (χ2n) is 9.19. The number of carboxylic acids is 1. The van der Waals surface area contributed by atoms with E-state index in [1.54, 1.807) is 0 Å². The first-order valence-corrected chi connectivity index (χ1v) is 12.0. The first kappa shape index (κ1) is 28.1. The van der Waals surface area contributed by atoms with Gasteiger partial charge in [0.1, 0.15) is 6.04 Å². The molecule has 3 N–H and O–H groups in total. The van der Waals surface area contributed by atoms with Crippen LogP contribution in [-0.4, -0.2) is 33.5 Å². The molecule has 0 spiro atoms. The fraction of sp³-hybridized carbons (Fsp3) is 0.864. The van der Waals surface area contributed by atoms with Gasteiger partial charge in [0.15, 0.2) is 0 Å². The highest BCUT2D eigenvalue weighted by Crippen LogP contribution is 2.38. The molecule has 0 radical (unpaired) electrons. The fourth-order valence-corrected chi connectivity index (χ4v) is 3.66. The number of nitrogens with one attached hydrogen (secondary N) is 2. The first-order valence-electron chi connectivity index (χ1n) is 10.9. The molecule has 29 heavy (non-hydrogen) atoms. The topological polar surface area (TPSA) is 95.5 Å². The lowest BCUT2D eigenvalue weighted by Crippen LogP contribution is -2.38. The Kier molecular flexibility index (Phi) is 13.8. The van der Waals surface area contributed by atoms with E-state index in [2.05, 4.69) is 45.3 Å². The third kappa shape index (κ3) is 13.9. The molecule has 6 nitrogen and oxygen atoms in total. The van der Waals surface area contributed by atoms with Crippen molar-refractivity contribution in [1.29, 1.82) is 0 Å². The number of carbonyl (C=O) groups is 3. The third-order valence-electron chi connectivity index (χ3n) is 6.20. The highest BCUT2D eigenvalue weighted by Gasteiger charge is 2.25. The highest BCUT2D eigenvalue weighted by molar-refractivity contribution is 14.1. The summed E-state index contributed by atoms with van der Waals surface area (Å²) >= 11 is 1.53. The zero-order valence-electron chi connectivity index (χ0n) is 18.9. The Bertz CT molecular complexity index is 519. The standard InChI is InChI=1S/C22H41IN2O4/c1-6-22(5,7-2)15-14-21(3,4)13-10-12-18(26)24-16-9-8-11-17(19(27)28)25-20(23)29/h17H,6-16H2,1-5H3,(H,24,26)(H,25,29)(H,27,28). The van der Waals surface area contributed by atoms with E-state index in [0.717, 1.165) is 12.8 Å². The Morgan fingerprint density at radius 2 is 1.59 bits per heavy atom. The second-order valence-corrected chi connectivity index (χ2v) is 10.2. The molecule has 1 unspecified atom stereocenters. The minimum Gasteiger partial charge on any atom is -0.480 e. The van der Waals surface area contributed by atoms with Crippen molar-refractivity contribution in [2.45, 2.75) is 105 Å². The number of hydrogen-bond donors (Lipinski definition) is 3. The average molecular weight is 524 g/mol. The number of amides is 2. The Morgan fingerprint density at radius 1 is 0.966 bits per heavy atom. The summed E-state index contributed by atoms with van der Waals surface area (Å²) in [4.78, 5) is 34.1. The molecule has 0 aliphatic heterocycles. The van der Waals surface area contributed by atoms with Crippen molar-refractivity contribution in [3.8, 4) is 0 Å². The summed E-state index contributed by atoms with van der Waals surface area (Å²) in [6.07, 6.45) is 8.99. The molecular weight excluding hydrogens is 483 g/mol. The normalized spacial score (nSPS) is 13.0. The van der Waals surface area contributed by atoms with Crippen LogP contribution in [-0.2, 0) is 9.59 Å². The molecule has 0 aromatic rings.